The SMILES string of the molecule is CCCNCc1cn(C2CCCCCC2)nn1. The van der Waals surface area contributed by atoms with E-state index in [9.17, 15) is 0 Å². The Labute approximate surface area is 104 Å². The number of aromatic nitrogens is 3. The van der Waals surface area contributed by atoms with E-state index in [1.165, 1.54) is 38.5 Å². The van der Waals surface area contributed by atoms with E-state index in [-0.39, 0.29) is 0 Å². The highest BCUT2D eigenvalue weighted by Gasteiger charge is 2.15. The molecular formula is C13H24N4. The van der Waals surface area contributed by atoms with Crippen LogP contribution in [0.1, 0.15) is 63.6 Å². The highest BCUT2D eigenvalue weighted by molar-refractivity contribution is 4.93. The minimum absolute atomic E-state index is 0.588. The van der Waals surface area contributed by atoms with Crippen molar-refractivity contribution in [3.63, 3.8) is 0 Å². The number of hydrogen-bond acceptors (Lipinski definition) is 3. The maximum atomic E-state index is 4.29. The van der Waals surface area contributed by atoms with Gasteiger partial charge < -0.3 is 5.32 Å². The molecule has 2 rings (SSSR count). The molecule has 1 saturated carbocycles. The van der Waals surface area contributed by atoms with Crippen molar-refractivity contribution in [2.24, 2.45) is 0 Å². The van der Waals surface area contributed by atoms with Crippen LogP contribution in [0.2, 0.25) is 0 Å². The van der Waals surface area contributed by atoms with Crippen LogP contribution in [0.3, 0.4) is 0 Å². The third-order valence-corrected chi connectivity index (χ3v) is 3.49. The second-order valence-corrected chi connectivity index (χ2v) is 5.01. The van der Waals surface area contributed by atoms with Gasteiger partial charge in [0, 0.05) is 6.54 Å². The highest BCUT2D eigenvalue weighted by atomic mass is 15.4. The summed E-state index contributed by atoms with van der Waals surface area (Å²) in [4.78, 5) is 0. The average Bonchev–Trinajstić information content (AvgIpc) is 2.64. The van der Waals surface area contributed by atoms with Gasteiger partial charge in [0.25, 0.3) is 0 Å². The number of rotatable bonds is 5. The molecule has 1 aliphatic carbocycles. The van der Waals surface area contributed by atoms with Gasteiger partial charge in [0.05, 0.1) is 17.9 Å². The van der Waals surface area contributed by atoms with E-state index in [2.05, 4.69) is 33.4 Å². The molecule has 0 aromatic carbocycles. The predicted molar refractivity (Wildman–Crippen MR) is 68.8 cm³/mol. The Balaban J connectivity index is 1.87. The zero-order chi connectivity index (χ0) is 11.9. The van der Waals surface area contributed by atoms with Crippen molar-refractivity contribution in [1.82, 2.24) is 20.3 Å². The van der Waals surface area contributed by atoms with E-state index < -0.39 is 0 Å². The molecule has 1 fully saturated rings. The molecule has 4 heteroatoms. The fraction of sp³-hybridized carbons (Fsp3) is 0.846. The van der Waals surface area contributed by atoms with Crippen LogP contribution in [0.15, 0.2) is 6.20 Å². The van der Waals surface area contributed by atoms with Crippen LogP contribution in [0.4, 0.5) is 0 Å². The summed E-state index contributed by atoms with van der Waals surface area (Å²) in [6.07, 6.45) is 11.3. The maximum Gasteiger partial charge on any atom is 0.0964 e. The second-order valence-electron chi connectivity index (χ2n) is 5.01. The van der Waals surface area contributed by atoms with Crippen LogP contribution < -0.4 is 5.32 Å². The molecule has 0 radical (unpaired) electrons. The fourth-order valence-corrected chi connectivity index (χ4v) is 2.49. The molecule has 96 valence electrons. The van der Waals surface area contributed by atoms with Gasteiger partial charge in [-0.25, -0.2) is 4.68 Å². The lowest BCUT2D eigenvalue weighted by molar-refractivity contribution is 0.396. The van der Waals surface area contributed by atoms with E-state index >= 15 is 0 Å². The Morgan fingerprint density at radius 1 is 1.29 bits per heavy atom. The Morgan fingerprint density at radius 2 is 2.06 bits per heavy atom. The van der Waals surface area contributed by atoms with Crippen molar-refractivity contribution in [3.8, 4) is 0 Å². The zero-order valence-corrected chi connectivity index (χ0v) is 10.9. The summed E-state index contributed by atoms with van der Waals surface area (Å²) in [7, 11) is 0. The largest absolute Gasteiger partial charge is 0.311 e. The van der Waals surface area contributed by atoms with E-state index in [4.69, 9.17) is 0 Å². The van der Waals surface area contributed by atoms with Crippen molar-refractivity contribution in [1.29, 1.82) is 0 Å². The molecule has 1 aliphatic rings. The molecule has 0 amide bonds. The van der Waals surface area contributed by atoms with Crippen molar-refractivity contribution in [2.75, 3.05) is 6.54 Å². The minimum Gasteiger partial charge on any atom is -0.311 e. The number of nitrogens with zero attached hydrogens (tertiary/aromatic N) is 3. The zero-order valence-electron chi connectivity index (χ0n) is 10.9. The van der Waals surface area contributed by atoms with Crippen LogP contribution in [0.5, 0.6) is 0 Å². The Hall–Kier alpha value is -0.900. The molecule has 0 atom stereocenters. The Morgan fingerprint density at radius 3 is 2.76 bits per heavy atom. The lowest BCUT2D eigenvalue weighted by atomic mass is 10.1. The monoisotopic (exact) mass is 236 g/mol. The van der Waals surface area contributed by atoms with E-state index in [1.54, 1.807) is 0 Å². The average molecular weight is 236 g/mol. The highest BCUT2D eigenvalue weighted by Crippen LogP contribution is 2.26. The van der Waals surface area contributed by atoms with Gasteiger partial charge in [-0.1, -0.05) is 37.8 Å². The molecule has 17 heavy (non-hydrogen) atoms. The topological polar surface area (TPSA) is 42.7 Å². The molecule has 0 aliphatic heterocycles. The van der Waals surface area contributed by atoms with E-state index in [0.717, 1.165) is 25.2 Å². The van der Waals surface area contributed by atoms with Crippen LogP contribution in [-0.2, 0) is 6.54 Å². The minimum atomic E-state index is 0.588. The summed E-state index contributed by atoms with van der Waals surface area (Å²) in [5.41, 5.74) is 1.07. The Bertz CT molecular complexity index is 313. The van der Waals surface area contributed by atoms with Gasteiger partial charge >= 0.3 is 0 Å². The van der Waals surface area contributed by atoms with Gasteiger partial charge in [0.1, 0.15) is 0 Å². The van der Waals surface area contributed by atoms with Gasteiger partial charge in [0.15, 0.2) is 0 Å². The summed E-state index contributed by atoms with van der Waals surface area (Å²) in [5.74, 6) is 0. The van der Waals surface area contributed by atoms with Crippen LogP contribution in [0, 0.1) is 0 Å². The smallest absolute Gasteiger partial charge is 0.0964 e. The third-order valence-electron chi connectivity index (χ3n) is 3.49. The van der Waals surface area contributed by atoms with E-state index in [0.29, 0.717) is 6.04 Å². The molecule has 1 aromatic rings. The first kappa shape index (κ1) is 12.6. The summed E-state index contributed by atoms with van der Waals surface area (Å²) < 4.78 is 2.09. The van der Waals surface area contributed by atoms with Gasteiger partial charge in [-0.15, -0.1) is 5.10 Å². The molecule has 0 saturated heterocycles. The molecule has 4 nitrogen and oxygen atoms in total. The van der Waals surface area contributed by atoms with Crippen molar-refractivity contribution >= 4 is 0 Å². The lowest BCUT2D eigenvalue weighted by Gasteiger charge is -2.12. The summed E-state index contributed by atoms with van der Waals surface area (Å²) >= 11 is 0. The molecule has 0 bridgehead atoms. The van der Waals surface area contributed by atoms with E-state index in [1.807, 2.05) is 0 Å². The summed E-state index contributed by atoms with van der Waals surface area (Å²) in [6, 6.07) is 0.588. The fourth-order valence-electron chi connectivity index (χ4n) is 2.49. The lowest BCUT2D eigenvalue weighted by Crippen LogP contribution is -2.14. The van der Waals surface area contributed by atoms with Gasteiger partial charge in [0.2, 0.25) is 0 Å². The second kappa shape index (κ2) is 6.74. The van der Waals surface area contributed by atoms with Crippen molar-refractivity contribution < 1.29 is 0 Å². The van der Waals surface area contributed by atoms with Crippen molar-refractivity contribution in [3.05, 3.63) is 11.9 Å². The van der Waals surface area contributed by atoms with Gasteiger partial charge in [-0.05, 0) is 25.8 Å². The summed E-state index contributed by atoms with van der Waals surface area (Å²) in [6.45, 7) is 4.08. The quantitative estimate of drug-likeness (QED) is 0.631. The number of nitrogens with one attached hydrogen (secondary N) is 1. The maximum absolute atomic E-state index is 4.29. The first-order chi connectivity index (χ1) is 8.40. The standard InChI is InChI=1S/C13H24N4/c1-2-9-14-10-12-11-17(16-15-12)13-7-5-3-4-6-8-13/h11,13-14H,2-10H2,1H3. The normalized spacial score (nSPS) is 18.2. The van der Waals surface area contributed by atoms with Gasteiger partial charge in [-0.2, -0.15) is 0 Å². The van der Waals surface area contributed by atoms with Crippen LogP contribution in [-0.4, -0.2) is 21.5 Å². The molecule has 0 spiro atoms. The first-order valence-electron chi connectivity index (χ1n) is 7.01. The first-order valence-corrected chi connectivity index (χ1v) is 7.01. The van der Waals surface area contributed by atoms with Crippen LogP contribution >= 0.6 is 0 Å². The van der Waals surface area contributed by atoms with Gasteiger partial charge in [-0.3, -0.25) is 0 Å². The molecule has 1 N–H and O–H groups in total. The predicted octanol–water partition coefficient (Wildman–Crippen LogP) is 2.67. The number of hydrogen-bond donors (Lipinski definition) is 1. The van der Waals surface area contributed by atoms with Crippen molar-refractivity contribution in [2.45, 2.75) is 64.5 Å². The molecule has 1 aromatic heterocycles. The van der Waals surface area contributed by atoms with Crippen LogP contribution in [0.25, 0.3) is 0 Å². The third kappa shape index (κ3) is 3.80. The molecular weight excluding hydrogens is 212 g/mol. The molecule has 1 heterocycles. The molecule has 0 unspecified atom stereocenters. The summed E-state index contributed by atoms with van der Waals surface area (Å²) in [5, 5.41) is 11.9. The Kier molecular flexibility index (Phi) is 4.98.